The highest BCUT2D eigenvalue weighted by Crippen LogP contribution is 2.40. The van der Waals surface area contributed by atoms with Crippen LogP contribution >= 0.6 is 0 Å². The summed E-state index contributed by atoms with van der Waals surface area (Å²) in [6.07, 6.45) is 6.57. The molecule has 2 fully saturated rings. The second-order valence-corrected chi connectivity index (χ2v) is 6.93. The molecule has 0 spiro atoms. The molecule has 1 aliphatic carbocycles. The Hall–Kier alpha value is -1.94. The number of nitrogens with zero attached hydrogens (tertiary/aromatic N) is 3. The zero-order valence-electron chi connectivity index (χ0n) is 13.7. The maximum absolute atomic E-state index is 6.06. The van der Waals surface area contributed by atoms with Crippen molar-refractivity contribution in [3.8, 4) is 11.3 Å². The van der Waals surface area contributed by atoms with E-state index in [1.54, 1.807) is 0 Å². The van der Waals surface area contributed by atoms with Crippen molar-refractivity contribution < 1.29 is 0 Å². The first-order valence-corrected chi connectivity index (χ1v) is 8.65. The molecule has 4 rings (SSSR count). The molecule has 0 bridgehead atoms. The van der Waals surface area contributed by atoms with Gasteiger partial charge in [0.2, 0.25) is 0 Å². The van der Waals surface area contributed by atoms with Crippen LogP contribution in [0.15, 0.2) is 30.5 Å². The fraction of sp³-hybridized carbons (Fsp3) is 0.474. The maximum Gasteiger partial charge on any atom is 0.132 e. The van der Waals surface area contributed by atoms with Gasteiger partial charge in [-0.1, -0.05) is 29.8 Å². The molecule has 1 aliphatic heterocycles. The smallest absolute Gasteiger partial charge is 0.132 e. The molecule has 0 amide bonds. The van der Waals surface area contributed by atoms with Crippen LogP contribution in [-0.2, 0) is 0 Å². The minimum atomic E-state index is 0.334. The molecule has 0 radical (unpaired) electrons. The van der Waals surface area contributed by atoms with Crippen molar-refractivity contribution in [2.45, 2.75) is 44.6 Å². The predicted molar refractivity (Wildman–Crippen MR) is 93.6 cm³/mol. The number of nitrogens with two attached hydrogens (primary N) is 1. The van der Waals surface area contributed by atoms with E-state index in [1.807, 2.05) is 6.20 Å². The average Bonchev–Trinajstić information content (AvgIpc) is 3.41. The van der Waals surface area contributed by atoms with E-state index in [0.29, 0.717) is 12.0 Å². The summed E-state index contributed by atoms with van der Waals surface area (Å²) in [5, 5.41) is 0. The highest BCUT2D eigenvalue weighted by atomic mass is 15.2. The lowest BCUT2D eigenvalue weighted by Gasteiger charge is -2.32. The van der Waals surface area contributed by atoms with Gasteiger partial charge in [0.15, 0.2) is 0 Å². The summed E-state index contributed by atoms with van der Waals surface area (Å²) < 4.78 is 0. The highest BCUT2D eigenvalue weighted by Gasteiger charge is 2.28. The van der Waals surface area contributed by atoms with Crippen LogP contribution < -0.4 is 10.6 Å². The first kappa shape index (κ1) is 14.6. The van der Waals surface area contributed by atoms with Crippen LogP contribution in [-0.4, -0.2) is 29.1 Å². The van der Waals surface area contributed by atoms with E-state index in [9.17, 15) is 0 Å². The molecular formula is C19H24N4. The van der Waals surface area contributed by atoms with Gasteiger partial charge in [-0.25, -0.2) is 9.97 Å². The van der Waals surface area contributed by atoms with Gasteiger partial charge in [-0.15, -0.1) is 0 Å². The van der Waals surface area contributed by atoms with Crippen LogP contribution in [0.25, 0.3) is 11.3 Å². The highest BCUT2D eigenvalue weighted by molar-refractivity contribution is 5.74. The van der Waals surface area contributed by atoms with Crippen LogP contribution in [0.5, 0.6) is 0 Å². The van der Waals surface area contributed by atoms with E-state index >= 15 is 0 Å². The third-order valence-corrected chi connectivity index (χ3v) is 4.94. The van der Waals surface area contributed by atoms with Gasteiger partial charge in [0, 0.05) is 30.6 Å². The fourth-order valence-corrected chi connectivity index (χ4v) is 3.22. The molecule has 4 nitrogen and oxygen atoms in total. The third kappa shape index (κ3) is 3.08. The molecule has 1 saturated carbocycles. The zero-order valence-corrected chi connectivity index (χ0v) is 13.7. The molecule has 2 heterocycles. The Morgan fingerprint density at radius 1 is 1.04 bits per heavy atom. The van der Waals surface area contributed by atoms with Gasteiger partial charge < -0.3 is 10.6 Å². The molecule has 120 valence electrons. The summed E-state index contributed by atoms with van der Waals surface area (Å²) in [6.45, 7) is 4.10. The van der Waals surface area contributed by atoms with Gasteiger partial charge in [0.1, 0.15) is 5.82 Å². The van der Waals surface area contributed by atoms with Gasteiger partial charge in [-0.05, 0) is 32.6 Å². The molecule has 1 aromatic heterocycles. The molecular weight excluding hydrogens is 284 g/mol. The summed E-state index contributed by atoms with van der Waals surface area (Å²) in [4.78, 5) is 12.0. The fourth-order valence-electron chi connectivity index (χ4n) is 3.22. The van der Waals surface area contributed by atoms with Crippen molar-refractivity contribution >= 4 is 5.69 Å². The Morgan fingerprint density at radius 3 is 2.39 bits per heavy atom. The Balaban J connectivity index is 1.73. The molecule has 2 aromatic rings. The third-order valence-electron chi connectivity index (χ3n) is 4.94. The van der Waals surface area contributed by atoms with E-state index in [4.69, 9.17) is 10.7 Å². The molecule has 2 aliphatic rings. The van der Waals surface area contributed by atoms with Crippen molar-refractivity contribution in [3.05, 3.63) is 41.9 Å². The lowest BCUT2D eigenvalue weighted by Crippen LogP contribution is -2.40. The van der Waals surface area contributed by atoms with Gasteiger partial charge >= 0.3 is 0 Å². The van der Waals surface area contributed by atoms with E-state index in [-0.39, 0.29) is 0 Å². The topological polar surface area (TPSA) is 55.0 Å². The molecule has 23 heavy (non-hydrogen) atoms. The first-order chi connectivity index (χ1) is 11.2. The Labute approximate surface area is 137 Å². The first-order valence-electron chi connectivity index (χ1n) is 8.65. The summed E-state index contributed by atoms with van der Waals surface area (Å²) >= 11 is 0. The standard InChI is InChI=1S/C19H24N4/c1-13-2-4-14(5-3-13)18-17(23-10-8-16(20)9-11-23)12-21-19(22-18)15-6-7-15/h2-5,12,15-16H,6-11,20H2,1H3. The lowest BCUT2D eigenvalue weighted by atomic mass is 10.0. The number of piperidine rings is 1. The minimum absolute atomic E-state index is 0.334. The van der Waals surface area contributed by atoms with Crippen molar-refractivity contribution in [2.24, 2.45) is 5.73 Å². The zero-order chi connectivity index (χ0) is 15.8. The van der Waals surface area contributed by atoms with Crippen molar-refractivity contribution in [1.82, 2.24) is 9.97 Å². The Bertz CT molecular complexity index is 683. The lowest BCUT2D eigenvalue weighted by molar-refractivity contribution is 0.501. The van der Waals surface area contributed by atoms with Gasteiger partial charge in [-0.3, -0.25) is 0 Å². The van der Waals surface area contributed by atoms with Crippen molar-refractivity contribution in [1.29, 1.82) is 0 Å². The van der Waals surface area contributed by atoms with Crippen molar-refractivity contribution in [2.75, 3.05) is 18.0 Å². The summed E-state index contributed by atoms with van der Waals surface area (Å²) in [6, 6.07) is 9.00. The van der Waals surface area contributed by atoms with Gasteiger partial charge in [-0.2, -0.15) is 0 Å². The van der Waals surface area contributed by atoms with Crippen LogP contribution in [0, 0.1) is 6.92 Å². The quantitative estimate of drug-likeness (QED) is 0.945. The van der Waals surface area contributed by atoms with Crippen LogP contribution in [0.1, 0.15) is 43.0 Å². The van der Waals surface area contributed by atoms with E-state index in [1.165, 1.54) is 24.0 Å². The second kappa shape index (κ2) is 5.93. The summed E-state index contributed by atoms with van der Waals surface area (Å²) in [7, 11) is 0. The number of hydrogen-bond acceptors (Lipinski definition) is 4. The van der Waals surface area contributed by atoms with Crippen LogP contribution in [0.2, 0.25) is 0 Å². The molecule has 4 heteroatoms. The van der Waals surface area contributed by atoms with Crippen LogP contribution in [0.4, 0.5) is 5.69 Å². The molecule has 1 saturated heterocycles. The number of aromatic nitrogens is 2. The Morgan fingerprint density at radius 2 is 1.74 bits per heavy atom. The van der Waals surface area contributed by atoms with Crippen molar-refractivity contribution in [3.63, 3.8) is 0 Å². The average molecular weight is 308 g/mol. The Kier molecular flexibility index (Phi) is 3.77. The molecule has 0 atom stereocenters. The largest absolute Gasteiger partial charge is 0.368 e. The normalized spacial score (nSPS) is 19.1. The number of rotatable bonds is 3. The summed E-state index contributed by atoms with van der Waals surface area (Å²) in [5.41, 5.74) is 10.8. The van der Waals surface area contributed by atoms with E-state index < -0.39 is 0 Å². The second-order valence-electron chi connectivity index (χ2n) is 6.93. The van der Waals surface area contributed by atoms with E-state index in [2.05, 4.69) is 41.1 Å². The number of anilines is 1. The number of benzene rings is 1. The maximum atomic E-state index is 6.06. The summed E-state index contributed by atoms with van der Waals surface area (Å²) in [5.74, 6) is 1.58. The van der Waals surface area contributed by atoms with E-state index in [0.717, 1.165) is 43.1 Å². The minimum Gasteiger partial charge on any atom is -0.368 e. The monoisotopic (exact) mass is 308 g/mol. The molecule has 2 N–H and O–H groups in total. The van der Waals surface area contributed by atoms with Crippen LogP contribution in [0.3, 0.4) is 0 Å². The van der Waals surface area contributed by atoms with Gasteiger partial charge in [0.05, 0.1) is 17.6 Å². The predicted octanol–water partition coefficient (Wildman–Crippen LogP) is 3.26. The SMILES string of the molecule is Cc1ccc(-c2nc(C3CC3)ncc2N2CCC(N)CC2)cc1. The van der Waals surface area contributed by atoms with Gasteiger partial charge in [0.25, 0.3) is 0 Å². The number of aryl methyl sites for hydroxylation is 1. The molecule has 0 unspecified atom stereocenters. The number of hydrogen-bond donors (Lipinski definition) is 1. The molecule has 1 aromatic carbocycles.